The Morgan fingerprint density at radius 1 is 1.33 bits per heavy atom. The molecule has 0 aliphatic carbocycles. The summed E-state index contributed by atoms with van der Waals surface area (Å²) in [5.41, 5.74) is 6.35. The Labute approximate surface area is 110 Å². The van der Waals surface area contributed by atoms with Gasteiger partial charge in [-0.3, -0.25) is 0 Å². The van der Waals surface area contributed by atoms with Gasteiger partial charge in [0.25, 0.3) is 0 Å². The summed E-state index contributed by atoms with van der Waals surface area (Å²) in [6.45, 7) is 8.02. The van der Waals surface area contributed by atoms with Crippen molar-refractivity contribution in [1.82, 2.24) is 4.72 Å². The van der Waals surface area contributed by atoms with Crippen LogP contribution in [0.1, 0.15) is 26.3 Å². The van der Waals surface area contributed by atoms with Gasteiger partial charge in [-0.05, 0) is 30.0 Å². The third-order valence-electron chi connectivity index (χ3n) is 2.88. The van der Waals surface area contributed by atoms with E-state index in [4.69, 9.17) is 5.73 Å². The quantitative estimate of drug-likeness (QED) is 0.873. The molecule has 5 heteroatoms. The molecule has 0 aliphatic heterocycles. The Kier molecular flexibility index (Phi) is 4.53. The smallest absolute Gasteiger partial charge is 0.240 e. The monoisotopic (exact) mass is 270 g/mol. The van der Waals surface area contributed by atoms with E-state index in [1.807, 2.05) is 33.8 Å². The van der Waals surface area contributed by atoms with Crippen LogP contribution in [0.3, 0.4) is 0 Å². The molecule has 102 valence electrons. The summed E-state index contributed by atoms with van der Waals surface area (Å²) in [5.74, 6) is 0. The van der Waals surface area contributed by atoms with Crippen LogP contribution >= 0.6 is 0 Å². The Hall–Kier alpha value is -0.910. The van der Waals surface area contributed by atoms with E-state index in [9.17, 15) is 8.42 Å². The molecule has 1 aromatic rings. The fraction of sp³-hybridized carbons (Fsp3) is 0.538. The van der Waals surface area contributed by atoms with Crippen molar-refractivity contribution < 1.29 is 8.42 Å². The lowest BCUT2D eigenvalue weighted by atomic mass is 9.88. The van der Waals surface area contributed by atoms with Crippen LogP contribution in [-0.4, -0.2) is 21.0 Å². The van der Waals surface area contributed by atoms with Crippen LogP contribution < -0.4 is 10.5 Å². The van der Waals surface area contributed by atoms with Crippen molar-refractivity contribution in [1.29, 1.82) is 0 Å². The zero-order valence-corrected chi connectivity index (χ0v) is 12.2. The van der Waals surface area contributed by atoms with Gasteiger partial charge in [0.05, 0.1) is 4.90 Å². The number of sulfonamides is 1. The van der Waals surface area contributed by atoms with Crippen molar-refractivity contribution in [2.24, 2.45) is 11.1 Å². The maximum Gasteiger partial charge on any atom is 0.240 e. The van der Waals surface area contributed by atoms with Crippen molar-refractivity contribution in [3.8, 4) is 0 Å². The zero-order chi connectivity index (χ0) is 14.0. The van der Waals surface area contributed by atoms with Crippen LogP contribution in [-0.2, 0) is 10.0 Å². The van der Waals surface area contributed by atoms with Crippen LogP contribution in [0.2, 0.25) is 0 Å². The van der Waals surface area contributed by atoms with Gasteiger partial charge >= 0.3 is 0 Å². The number of benzene rings is 1. The molecule has 0 saturated heterocycles. The predicted octanol–water partition coefficient (Wildman–Crippen LogP) is 1.65. The van der Waals surface area contributed by atoms with Gasteiger partial charge in [-0.15, -0.1) is 0 Å². The number of nitrogens with two attached hydrogens (primary N) is 1. The largest absolute Gasteiger partial charge is 0.329 e. The predicted molar refractivity (Wildman–Crippen MR) is 73.8 cm³/mol. The van der Waals surface area contributed by atoms with E-state index < -0.39 is 10.0 Å². The molecular formula is C13H22N2O2S. The van der Waals surface area contributed by atoms with Crippen molar-refractivity contribution >= 4 is 10.0 Å². The number of hydrogen-bond donors (Lipinski definition) is 2. The Morgan fingerprint density at radius 3 is 2.39 bits per heavy atom. The first kappa shape index (κ1) is 15.1. The van der Waals surface area contributed by atoms with Crippen LogP contribution in [0, 0.1) is 12.3 Å². The van der Waals surface area contributed by atoms with E-state index in [1.165, 1.54) is 0 Å². The van der Waals surface area contributed by atoms with Crippen molar-refractivity contribution in [2.75, 3.05) is 6.54 Å². The first-order valence-corrected chi connectivity index (χ1v) is 7.44. The molecule has 0 radical (unpaired) electrons. The molecule has 0 amide bonds. The normalized spacial score (nSPS) is 14.5. The van der Waals surface area contributed by atoms with E-state index in [0.29, 0.717) is 0 Å². The van der Waals surface area contributed by atoms with Gasteiger partial charge in [-0.25, -0.2) is 13.1 Å². The van der Waals surface area contributed by atoms with E-state index in [-0.39, 0.29) is 22.9 Å². The third-order valence-corrected chi connectivity index (χ3v) is 4.35. The molecule has 0 fully saturated rings. The van der Waals surface area contributed by atoms with Gasteiger partial charge in [-0.2, -0.15) is 0 Å². The van der Waals surface area contributed by atoms with E-state index in [0.717, 1.165) is 5.56 Å². The Balaban J connectivity index is 3.02. The zero-order valence-electron chi connectivity index (χ0n) is 11.4. The summed E-state index contributed by atoms with van der Waals surface area (Å²) >= 11 is 0. The molecule has 1 rings (SSSR count). The van der Waals surface area contributed by atoms with Gasteiger partial charge in [0.2, 0.25) is 10.0 Å². The van der Waals surface area contributed by atoms with E-state index in [1.54, 1.807) is 18.2 Å². The minimum atomic E-state index is -3.51. The number of nitrogens with one attached hydrogen (secondary N) is 1. The SMILES string of the molecule is Cc1cccc(S(=O)(=O)NC(CN)C(C)(C)C)c1. The molecular weight excluding hydrogens is 248 g/mol. The second-order valence-electron chi connectivity index (χ2n) is 5.59. The minimum absolute atomic E-state index is 0.217. The first-order valence-electron chi connectivity index (χ1n) is 5.96. The van der Waals surface area contributed by atoms with Crippen LogP contribution in [0.25, 0.3) is 0 Å². The summed E-state index contributed by atoms with van der Waals surface area (Å²) in [6, 6.07) is 6.55. The molecule has 0 aromatic heterocycles. The van der Waals surface area contributed by atoms with Crippen molar-refractivity contribution in [3.63, 3.8) is 0 Å². The molecule has 1 aromatic carbocycles. The molecule has 0 aliphatic rings. The highest BCUT2D eigenvalue weighted by Crippen LogP contribution is 2.21. The van der Waals surface area contributed by atoms with E-state index >= 15 is 0 Å². The maximum absolute atomic E-state index is 12.2. The number of hydrogen-bond acceptors (Lipinski definition) is 3. The summed E-state index contributed by atoms with van der Waals surface area (Å²) in [5, 5.41) is 0. The molecule has 1 atom stereocenters. The molecule has 3 N–H and O–H groups in total. The maximum atomic E-state index is 12.2. The van der Waals surface area contributed by atoms with Crippen molar-refractivity contribution in [3.05, 3.63) is 29.8 Å². The van der Waals surface area contributed by atoms with Gasteiger partial charge < -0.3 is 5.73 Å². The first-order chi connectivity index (χ1) is 8.16. The lowest BCUT2D eigenvalue weighted by Crippen LogP contribution is -2.48. The second-order valence-corrected chi connectivity index (χ2v) is 7.31. The standard InChI is InChI=1S/C13H22N2O2S/c1-10-6-5-7-11(8-10)18(16,17)15-12(9-14)13(2,3)4/h5-8,12,15H,9,14H2,1-4H3. The molecule has 18 heavy (non-hydrogen) atoms. The fourth-order valence-corrected chi connectivity index (χ4v) is 3.18. The summed E-state index contributed by atoms with van der Waals surface area (Å²) < 4.78 is 27.1. The highest BCUT2D eigenvalue weighted by atomic mass is 32.2. The van der Waals surface area contributed by atoms with Gasteiger partial charge in [0, 0.05) is 12.6 Å². The third kappa shape index (κ3) is 3.80. The second kappa shape index (κ2) is 5.38. The van der Waals surface area contributed by atoms with E-state index in [2.05, 4.69) is 4.72 Å². The molecule has 0 heterocycles. The molecule has 0 spiro atoms. The van der Waals surface area contributed by atoms with Gasteiger partial charge in [0.1, 0.15) is 0 Å². The van der Waals surface area contributed by atoms with Crippen LogP contribution in [0.5, 0.6) is 0 Å². The Morgan fingerprint density at radius 2 is 1.94 bits per heavy atom. The highest BCUT2D eigenvalue weighted by Gasteiger charge is 2.28. The number of rotatable bonds is 4. The average Bonchev–Trinajstić information content (AvgIpc) is 2.24. The summed E-state index contributed by atoms with van der Waals surface area (Å²) in [4.78, 5) is 0.283. The summed E-state index contributed by atoms with van der Waals surface area (Å²) in [7, 11) is -3.51. The molecule has 1 unspecified atom stereocenters. The fourth-order valence-electron chi connectivity index (χ4n) is 1.62. The topological polar surface area (TPSA) is 72.2 Å². The molecule has 0 bridgehead atoms. The van der Waals surface area contributed by atoms with Gasteiger partial charge in [0.15, 0.2) is 0 Å². The molecule has 4 nitrogen and oxygen atoms in total. The average molecular weight is 270 g/mol. The lowest BCUT2D eigenvalue weighted by Gasteiger charge is -2.30. The minimum Gasteiger partial charge on any atom is -0.329 e. The molecule has 0 saturated carbocycles. The van der Waals surface area contributed by atoms with Gasteiger partial charge in [-0.1, -0.05) is 32.9 Å². The van der Waals surface area contributed by atoms with Crippen molar-refractivity contribution in [2.45, 2.75) is 38.6 Å². The van der Waals surface area contributed by atoms with Crippen LogP contribution in [0.4, 0.5) is 0 Å². The lowest BCUT2D eigenvalue weighted by molar-refractivity contribution is 0.304. The summed E-state index contributed by atoms with van der Waals surface area (Å²) in [6.07, 6.45) is 0. The highest BCUT2D eigenvalue weighted by molar-refractivity contribution is 7.89. The Bertz CT molecular complexity index is 504. The number of aryl methyl sites for hydroxylation is 1. The van der Waals surface area contributed by atoms with Crippen LogP contribution in [0.15, 0.2) is 29.2 Å².